The van der Waals surface area contributed by atoms with Crippen molar-refractivity contribution < 1.29 is 17.9 Å². The van der Waals surface area contributed by atoms with Gasteiger partial charge in [0.25, 0.3) is 0 Å². The first-order valence-electron chi connectivity index (χ1n) is 9.00. The largest absolute Gasteiger partial charge is 0.466 e. The van der Waals surface area contributed by atoms with Gasteiger partial charge in [-0.1, -0.05) is 12.1 Å². The van der Waals surface area contributed by atoms with Crippen molar-refractivity contribution in [3.63, 3.8) is 0 Å². The zero-order valence-electron chi connectivity index (χ0n) is 15.9. The van der Waals surface area contributed by atoms with Gasteiger partial charge in [0.2, 0.25) is 10.0 Å². The average molecular weight is 418 g/mol. The molecule has 3 N–H and O–H groups in total. The van der Waals surface area contributed by atoms with Crippen molar-refractivity contribution in [2.45, 2.75) is 30.7 Å². The van der Waals surface area contributed by atoms with Crippen LogP contribution < -0.4 is 10.5 Å². The number of esters is 1. The van der Waals surface area contributed by atoms with Gasteiger partial charge in [-0.25, -0.2) is 28.1 Å². The number of carbonyl (C=O) groups excluding carboxylic acids is 1. The Morgan fingerprint density at radius 2 is 1.97 bits per heavy atom. The Labute approximate surface area is 168 Å². The first-order chi connectivity index (χ1) is 13.9. The number of anilines is 1. The van der Waals surface area contributed by atoms with Gasteiger partial charge in [0.15, 0.2) is 11.5 Å². The standard InChI is InChI=1S/C18H22N6O4S/c1-20-29(26,27)14-6-3-13(4-7-14)5-8-15(25)28-10-2-9-24-12-23-16-17(19)21-11-22-18(16)24/h3-4,6-7,11-12,20H,2,5,8-10H2,1H3,(H2,19,21,22). The van der Waals surface area contributed by atoms with Crippen LogP contribution in [-0.4, -0.2) is 47.6 Å². The molecule has 0 aliphatic carbocycles. The van der Waals surface area contributed by atoms with Crippen LogP contribution in [0, 0.1) is 0 Å². The lowest BCUT2D eigenvalue weighted by molar-refractivity contribution is -0.143. The lowest BCUT2D eigenvalue weighted by atomic mass is 10.1. The highest BCUT2D eigenvalue weighted by atomic mass is 32.2. The Hall–Kier alpha value is -3.05. The van der Waals surface area contributed by atoms with E-state index in [1.807, 2.05) is 4.57 Å². The highest BCUT2D eigenvalue weighted by Crippen LogP contribution is 2.14. The molecular weight excluding hydrogens is 396 g/mol. The minimum atomic E-state index is -3.46. The molecule has 0 saturated carbocycles. The van der Waals surface area contributed by atoms with Gasteiger partial charge in [0.05, 0.1) is 17.8 Å². The van der Waals surface area contributed by atoms with E-state index in [1.165, 1.54) is 25.5 Å². The molecule has 11 heteroatoms. The number of imidazole rings is 1. The third-order valence-corrected chi connectivity index (χ3v) is 5.79. The number of nitrogens with one attached hydrogen (secondary N) is 1. The van der Waals surface area contributed by atoms with E-state index < -0.39 is 10.0 Å². The molecule has 0 atom stereocenters. The molecule has 29 heavy (non-hydrogen) atoms. The normalized spacial score (nSPS) is 11.6. The van der Waals surface area contributed by atoms with Crippen LogP contribution in [0.2, 0.25) is 0 Å². The summed E-state index contributed by atoms with van der Waals surface area (Å²) in [5.74, 6) is 0.0238. The van der Waals surface area contributed by atoms with Crippen LogP contribution in [0.1, 0.15) is 18.4 Å². The number of carbonyl (C=O) groups is 1. The summed E-state index contributed by atoms with van der Waals surface area (Å²) >= 11 is 0. The van der Waals surface area contributed by atoms with Gasteiger partial charge in [-0.05, 0) is 37.6 Å². The second-order valence-corrected chi connectivity index (χ2v) is 8.18. The topological polar surface area (TPSA) is 142 Å². The molecule has 154 valence electrons. The maximum atomic E-state index is 11.9. The fourth-order valence-electron chi connectivity index (χ4n) is 2.75. The molecular formula is C18H22N6O4S. The number of nitrogens with two attached hydrogens (primary N) is 1. The summed E-state index contributed by atoms with van der Waals surface area (Å²) in [6.45, 7) is 0.861. The molecule has 0 saturated heterocycles. The number of aromatic nitrogens is 4. The summed E-state index contributed by atoms with van der Waals surface area (Å²) in [5, 5.41) is 0. The predicted molar refractivity (Wildman–Crippen MR) is 106 cm³/mol. The number of rotatable bonds is 9. The number of fused-ring (bicyclic) bond motifs is 1. The van der Waals surface area contributed by atoms with Crippen molar-refractivity contribution in [1.82, 2.24) is 24.2 Å². The summed E-state index contributed by atoms with van der Waals surface area (Å²) in [5.41, 5.74) is 7.81. The van der Waals surface area contributed by atoms with E-state index in [4.69, 9.17) is 10.5 Å². The van der Waals surface area contributed by atoms with Crippen LogP contribution >= 0.6 is 0 Å². The van der Waals surface area contributed by atoms with Crippen LogP contribution in [0.4, 0.5) is 5.82 Å². The van der Waals surface area contributed by atoms with Crippen LogP contribution in [0.15, 0.2) is 41.8 Å². The fourth-order valence-corrected chi connectivity index (χ4v) is 3.49. The van der Waals surface area contributed by atoms with Gasteiger partial charge in [-0.2, -0.15) is 0 Å². The summed E-state index contributed by atoms with van der Waals surface area (Å²) in [7, 11) is -2.10. The smallest absolute Gasteiger partial charge is 0.306 e. The zero-order chi connectivity index (χ0) is 20.9. The van der Waals surface area contributed by atoms with E-state index in [0.717, 1.165) is 5.56 Å². The molecule has 0 aliphatic heterocycles. The summed E-state index contributed by atoms with van der Waals surface area (Å²) in [6, 6.07) is 6.40. The summed E-state index contributed by atoms with van der Waals surface area (Å²) < 4.78 is 32.7. The van der Waals surface area contributed by atoms with Crippen LogP contribution in [-0.2, 0) is 32.5 Å². The maximum Gasteiger partial charge on any atom is 0.306 e. The highest BCUT2D eigenvalue weighted by Gasteiger charge is 2.11. The second-order valence-electron chi connectivity index (χ2n) is 6.29. The SMILES string of the molecule is CNS(=O)(=O)c1ccc(CCC(=O)OCCCn2cnc3c(N)ncnc32)cc1. The minimum Gasteiger partial charge on any atom is -0.466 e. The Morgan fingerprint density at radius 1 is 1.21 bits per heavy atom. The van der Waals surface area contributed by atoms with Crippen LogP contribution in [0.3, 0.4) is 0 Å². The van der Waals surface area contributed by atoms with Gasteiger partial charge in [0.1, 0.15) is 11.8 Å². The number of aryl methyl sites for hydroxylation is 2. The van der Waals surface area contributed by atoms with E-state index in [2.05, 4.69) is 19.7 Å². The Morgan fingerprint density at radius 3 is 2.69 bits per heavy atom. The van der Waals surface area contributed by atoms with Gasteiger partial charge in [0, 0.05) is 13.0 Å². The van der Waals surface area contributed by atoms with Gasteiger partial charge < -0.3 is 15.0 Å². The van der Waals surface area contributed by atoms with Gasteiger partial charge >= 0.3 is 5.97 Å². The van der Waals surface area contributed by atoms with Crippen molar-refractivity contribution in [1.29, 1.82) is 0 Å². The van der Waals surface area contributed by atoms with E-state index in [1.54, 1.807) is 18.5 Å². The number of hydrogen-bond donors (Lipinski definition) is 2. The first kappa shape index (κ1) is 20.7. The fraction of sp³-hybridized carbons (Fsp3) is 0.333. The zero-order valence-corrected chi connectivity index (χ0v) is 16.7. The Balaban J connectivity index is 1.41. The molecule has 0 amide bonds. The molecule has 10 nitrogen and oxygen atoms in total. The minimum absolute atomic E-state index is 0.186. The number of hydrogen-bond acceptors (Lipinski definition) is 8. The molecule has 3 aromatic rings. The summed E-state index contributed by atoms with van der Waals surface area (Å²) in [6.07, 6.45) is 4.32. The lowest BCUT2D eigenvalue weighted by Gasteiger charge is -2.07. The van der Waals surface area contributed by atoms with E-state index >= 15 is 0 Å². The number of sulfonamides is 1. The van der Waals surface area contributed by atoms with Crippen LogP contribution in [0.25, 0.3) is 11.2 Å². The molecule has 3 rings (SSSR count). The van der Waals surface area contributed by atoms with E-state index in [0.29, 0.717) is 36.4 Å². The van der Waals surface area contributed by atoms with Crippen LogP contribution in [0.5, 0.6) is 0 Å². The molecule has 0 unspecified atom stereocenters. The van der Waals surface area contributed by atoms with Crippen molar-refractivity contribution in [2.75, 3.05) is 19.4 Å². The average Bonchev–Trinajstić information content (AvgIpc) is 3.14. The first-order valence-corrected chi connectivity index (χ1v) is 10.5. The third kappa shape index (κ3) is 5.06. The number of benzene rings is 1. The molecule has 0 fully saturated rings. The van der Waals surface area contributed by atoms with E-state index in [9.17, 15) is 13.2 Å². The van der Waals surface area contributed by atoms with E-state index in [-0.39, 0.29) is 23.9 Å². The predicted octanol–water partition coefficient (Wildman–Crippen LogP) is 0.883. The summed E-state index contributed by atoms with van der Waals surface area (Å²) in [4.78, 5) is 24.4. The Kier molecular flexibility index (Phi) is 6.39. The number of ether oxygens (including phenoxy) is 1. The highest BCUT2D eigenvalue weighted by molar-refractivity contribution is 7.89. The second kappa shape index (κ2) is 8.97. The third-order valence-electron chi connectivity index (χ3n) is 4.36. The van der Waals surface area contributed by atoms with Gasteiger partial charge in [-0.3, -0.25) is 4.79 Å². The van der Waals surface area contributed by atoms with Crippen molar-refractivity contribution in [3.05, 3.63) is 42.5 Å². The monoisotopic (exact) mass is 418 g/mol. The lowest BCUT2D eigenvalue weighted by Crippen LogP contribution is -2.18. The Bertz CT molecular complexity index is 1100. The molecule has 0 bridgehead atoms. The molecule has 2 heterocycles. The molecule has 0 radical (unpaired) electrons. The molecule has 2 aromatic heterocycles. The molecule has 0 spiro atoms. The van der Waals surface area contributed by atoms with Crippen molar-refractivity contribution in [2.24, 2.45) is 0 Å². The quantitative estimate of drug-likeness (QED) is 0.385. The molecule has 1 aromatic carbocycles. The van der Waals surface area contributed by atoms with Crippen molar-refractivity contribution in [3.8, 4) is 0 Å². The van der Waals surface area contributed by atoms with Crippen molar-refractivity contribution >= 4 is 33.0 Å². The van der Waals surface area contributed by atoms with Gasteiger partial charge in [-0.15, -0.1) is 0 Å². The maximum absolute atomic E-state index is 11.9. The number of nitrogens with zero attached hydrogens (tertiary/aromatic N) is 4. The molecule has 0 aliphatic rings. The number of nitrogen functional groups attached to an aromatic ring is 1.